The van der Waals surface area contributed by atoms with Crippen LogP contribution in [0.4, 0.5) is 13.2 Å². The molecule has 3 heteroatoms. The second kappa shape index (κ2) is 29.7. The fourth-order valence-electron chi connectivity index (χ4n) is 13.3. The van der Waals surface area contributed by atoms with E-state index in [-0.39, 0.29) is 65.6 Å². The third kappa shape index (κ3) is 22.2. The van der Waals surface area contributed by atoms with E-state index in [4.69, 9.17) is 26.0 Å². The van der Waals surface area contributed by atoms with Crippen molar-refractivity contribution in [1.29, 1.82) is 0 Å². The Bertz CT molecular complexity index is 2270. The first-order chi connectivity index (χ1) is 39.6. The first-order valence-corrected chi connectivity index (χ1v) is 28.4. The SMILES string of the molecule is C.[2H]C(C)(CC)CC.[2H]C([2H])(C)C1(C(F)(F)F)CCCC1.[2H]C([2H])(C)C1(C)CCCC1.[2H]C([2H])([2H])C([2H])(C)c1cc(C([2H])(C)C([2H])([2H])[2H])c(C)c(C([2H])(C)C([2H])([2H])[2H])c1.[2H]C1(C)CCC2(CC1)CC(C)(C)CC(C)(C)C2.[2H]C1(C)CCC2(CC1)CCC(C)(C)CC2. The van der Waals surface area contributed by atoms with Gasteiger partial charge in [0.05, 0.1) is 5.41 Å². The Kier molecular flexibility index (Phi) is 17.7. The molecule has 1 aromatic rings. The third-order valence-electron chi connectivity index (χ3n) is 18.3. The molecule has 0 saturated heterocycles. The molecule has 1 aromatic carbocycles. The summed E-state index contributed by atoms with van der Waals surface area (Å²) in [7, 11) is 0. The minimum Gasteiger partial charge on any atom is -0.171 e. The predicted molar refractivity (Wildman–Crippen MR) is 318 cm³/mol. The maximum absolute atomic E-state index is 12.7. The van der Waals surface area contributed by atoms with Crippen LogP contribution in [-0.4, -0.2) is 6.18 Å². The highest BCUT2D eigenvalue weighted by Crippen LogP contribution is 2.60. The maximum atomic E-state index is 12.7. The van der Waals surface area contributed by atoms with Crippen molar-refractivity contribution in [3.63, 3.8) is 0 Å². The van der Waals surface area contributed by atoms with Gasteiger partial charge in [0.25, 0.3) is 0 Å². The van der Waals surface area contributed by atoms with Crippen LogP contribution in [0.1, 0.15) is 385 Å². The molecular formula is C69H129F3. The van der Waals surface area contributed by atoms with Gasteiger partial charge in [0.15, 0.2) is 0 Å². The number of benzene rings is 1. The van der Waals surface area contributed by atoms with E-state index in [2.05, 4.69) is 76.2 Å². The summed E-state index contributed by atoms with van der Waals surface area (Å²) in [5.74, 6) is -7.01. The van der Waals surface area contributed by atoms with Gasteiger partial charge in [0, 0.05) is 26.0 Å². The molecule has 0 amide bonds. The minimum absolute atomic E-state index is 0. The van der Waals surface area contributed by atoms with E-state index in [0.717, 1.165) is 79.1 Å². The number of hydrogen-bond donors (Lipinski definition) is 0. The summed E-state index contributed by atoms with van der Waals surface area (Å²) >= 11 is 0. The summed E-state index contributed by atoms with van der Waals surface area (Å²) in [4.78, 5) is 0. The Morgan fingerprint density at radius 2 is 0.958 bits per heavy atom. The zero-order valence-electron chi connectivity index (χ0n) is 68.5. The van der Waals surface area contributed by atoms with E-state index in [0.29, 0.717) is 39.9 Å². The van der Waals surface area contributed by atoms with Gasteiger partial charge in [-0.25, -0.2) is 0 Å². The highest BCUT2D eigenvalue weighted by molar-refractivity contribution is 5.42. The van der Waals surface area contributed by atoms with Crippen LogP contribution in [-0.2, 0) is 0 Å². The van der Waals surface area contributed by atoms with Gasteiger partial charge in [-0.05, 0) is 200 Å². The third-order valence-corrected chi connectivity index (χ3v) is 18.3. The molecule has 6 fully saturated rings. The summed E-state index contributed by atoms with van der Waals surface area (Å²) in [6.45, 7) is 26.1. The number of rotatable bonds is 7. The van der Waals surface area contributed by atoms with Crippen molar-refractivity contribution in [3.8, 4) is 0 Å². The van der Waals surface area contributed by atoms with Crippen LogP contribution in [0.3, 0.4) is 0 Å². The molecule has 0 aromatic heterocycles. The summed E-state index contributed by atoms with van der Waals surface area (Å²) in [6, 6.07) is 2.35. The van der Waals surface area contributed by atoms with Crippen LogP contribution < -0.4 is 0 Å². The summed E-state index contributed by atoms with van der Waals surface area (Å²) in [5.41, 5.74) is 0.383. The summed E-state index contributed by atoms with van der Waals surface area (Å²) < 4.78 is 186. The molecule has 0 aliphatic heterocycles. The largest absolute Gasteiger partial charge is 0.394 e. The van der Waals surface area contributed by atoms with Gasteiger partial charge < -0.3 is 0 Å². The van der Waals surface area contributed by atoms with E-state index < -0.39 is 62.6 Å². The second-order valence-electron chi connectivity index (χ2n) is 26.7. The second-order valence-corrected chi connectivity index (χ2v) is 26.7. The lowest BCUT2D eigenvalue weighted by molar-refractivity contribution is -0.223. The lowest BCUT2D eigenvalue weighted by Crippen LogP contribution is -2.43. The molecule has 6 aliphatic carbocycles. The van der Waals surface area contributed by atoms with E-state index in [1.807, 2.05) is 6.92 Å². The van der Waals surface area contributed by atoms with Gasteiger partial charge in [-0.2, -0.15) is 13.2 Å². The molecule has 6 aliphatic rings. The van der Waals surface area contributed by atoms with Crippen molar-refractivity contribution in [2.45, 2.75) is 350 Å². The summed E-state index contributed by atoms with van der Waals surface area (Å²) in [6.07, 6.45) is 19.2. The number of halogens is 3. The molecule has 0 heterocycles. The Morgan fingerprint density at radius 3 is 1.26 bits per heavy atom. The van der Waals surface area contributed by atoms with Crippen LogP contribution in [0, 0.1) is 62.5 Å². The maximum Gasteiger partial charge on any atom is 0.394 e. The molecule has 0 bridgehead atoms. The zero-order valence-corrected chi connectivity index (χ0v) is 49.5. The van der Waals surface area contributed by atoms with Gasteiger partial charge in [-0.3, -0.25) is 0 Å². The van der Waals surface area contributed by atoms with Crippen molar-refractivity contribution in [2.75, 3.05) is 0 Å². The minimum atomic E-state index is -4.41. The Balaban J connectivity index is 0.000000573. The fourth-order valence-corrected chi connectivity index (χ4v) is 13.3. The highest BCUT2D eigenvalue weighted by Gasteiger charge is 2.54. The van der Waals surface area contributed by atoms with Crippen molar-refractivity contribution in [2.24, 2.45) is 55.6 Å². The Morgan fingerprint density at radius 1 is 0.569 bits per heavy atom. The van der Waals surface area contributed by atoms with E-state index >= 15 is 0 Å². The van der Waals surface area contributed by atoms with Gasteiger partial charge in [-0.15, -0.1) is 0 Å². The molecule has 3 unspecified atom stereocenters. The quantitative estimate of drug-likeness (QED) is 0.255. The lowest BCUT2D eigenvalue weighted by atomic mass is 9.51. The molecule has 72 heavy (non-hydrogen) atoms. The van der Waals surface area contributed by atoms with Crippen LogP contribution in [0.5, 0.6) is 0 Å². The lowest BCUT2D eigenvalue weighted by Gasteiger charge is -2.54. The first kappa shape index (κ1) is 43.0. The molecule has 3 atom stereocenters. The number of hydrogen-bond acceptors (Lipinski definition) is 0. The van der Waals surface area contributed by atoms with Gasteiger partial charge in [-0.1, -0.05) is 228 Å². The van der Waals surface area contributed by atoms with Crippen molar-refractivity contribution >= 4 is 0 Å². The Labute approximate surface area is 478 Å². The van der Waals surface area contributed by atoms with Crippen molar-refractivity contribution < 1.29 is 39.2 Å². The van der Waals surface area contributed by atoms with Crippen molar-refractivity contribution in [1.82, 2.24) is 0 Å². The molecule has 0 nitrogen and oxygen atoms in total. The molecular weight excluding hydrogens is 886 g/mol. The normalized spacial score (nSPS) is 31.8. The average molecular weight is 1030 g/mol. The first-order valence-electron chi connectivity index (χ1n) is 37.9. The number of alkyl halides is 3. The van der Waals surface area contributed by atoms with Crippen LogP contribution >= 0.6 is 0 Å². The fraction of sp³-hybridized carbons (Fsp3) is 0.913. The zero-order chi connectivity index (χ0) is 70.9. The van der Waals surface area contributed by atoms with E-state index in [1.54, 1.807) is 6.92 Å². The Hall–Kier alpha value is -0.990. The molecule has 0 radical (unpaired) electrons. The monoisotopic (exact) mass is 1030 g/mol. The highest BCUT2D eigenvalue weighted by atomic mass is 19.4. The van der Waals surface area contributed by atoms with Crippen LogP contribution in [0.2, 0.25) is 0 Å². The van der Waals surface area contributed by atoms with E-state index in [1.165, 1.54) is 103 Å². The molecule has 2 spiro atoms. The van der Waals surface area contributed by atoms with E-state index in [9.17, 15) is 13.2 Å². The standard InChI is InChI=1S/C16H30.C16H26.C14H26.C8H13F3.C8H16.C6H14.CH4/c1-13-6-8-16(9-7-13)11-14(2,3)10-15(4,5)12-16;1-10(2)14-8-15(11(3)4)13(7)16(9-14)12(5)6;1-12-4-6-14(7-5-12)10-8-13(2,3)9-11-14;1-2-7(8(9,10)11)5-3-4-6-7;1-3-8(2)6-4-5-7-8;1-4-6(3)5-2;/h13H,6-12H2,1-5H3;8-12H,1-7H3;12H,4-11H2,1-3H3;2-6H2,1H3;3-7H2,1-2H3;6H,4-5H2,1-3H3;1H4/i13D;1D3,3D3,5D3,10D,11D,12D;12D;2D2;3D2;6D;. The molecule has 6 saturated carbocycles. The smallest absolute Gasteiger partial charge is 0.171 e. The van der Waals surface area contributed by atoms with Gasteiger partial charge >= 0.3 is 6.18 Å². The molecule has 0 N–H and O–H groups in total. The summed E-state index contributed by atoms with van der Waals surface area (Å²) in [5, 5.41) is 0. The van der Waals surface area contributed by atoms with Gasteiger partial charge in [0.2, 0.25) is 0 Å². The molecule has 426 valence electrons. The van der Waals surface area contributed by atoms with Crippen LogP contribution in [0.25, 0.3) is 0 Å². The van der Waals surface area contributed by atoms with Gasteiger partial charge in [0.1, 0.15) is 0 Å². The van der Waals surface area contributed by atoms with Crippen molar-refractivity contribution in [3.05, 3.63) is 34.4 Å². The average Bonchev–Trinajstić information content (AvgIpc) is 0.779. The molecule has 7 rings (SSSR count). The topological polar surface area (TPSA) is 0 Å². The van der Waals surface area contributed by atoms with Crippen LogP contribution in [0.15, 0.2) is 12.1 Å². The predicted octanol–water partition coefficient (Wildman–Crippen LogP) is 25.1.